The molecule has 2 N–H and O–H groups in total. The Kier molecular flexibility index (Phi) is 6.22. The van der Waals surface area contributed by atoms with Crippen LogP contribution in [-0.4, -0.2) is 29.9 Å². The summed E-state index contributed by atoms with van der Waals surface area (Å²) in [6.45, 7) is 7.76. The molecular weight excluding hydrogens is 212 g/mol. The van der Waals surface area contributed by atoms with Crippen LogP contribution >= 0.6 is 12.4 Å². The lowest BCUT2D eigenvalue weighted by atomic mass is 9.90. The highest BCUT2D eigenvalue weighted by molar-refractivity contribution is 5.85. The molecule has 0 aliphatic carbocycles. The lowest BCUT2D eigenvalue weighted by molar-refractivity contribution is -0.136. The number of likely N-dealkylation sites (tertiary alicyclic amines) is 1. The van der Waals surface area contributed by atoms with Crippen molar-refractivity contribution >= 4 is 18.3 Å². The van der Waals surface area contributed by atoms with E-state index in [1.54, 1.807) is 0 Å². The second kappa shape index (κ2) is 6.33. The van der Waals surface area contributed by atoms with Gasteiger partial charge in [-0.05, 0) is 12.3 Å². The van der Waals surface area contributed by atoms with E-state index in [2.05, 4.69) is 6.92 Å². The minimum absolute atomic E-state index is 0. The Morgan fingerprint density at radius 2 is 2.13 bits per heavy atom. The van der Waals surface area contributed by atoms with Gasteiger partial charge in [0.2, 0.25) is 5.91 Å². The fraction of sp³-hybridized carbons (Fsp3) is 0.909. The van der Waals surface area contributed by atoms with Crippen LogP contribution in [0.15, 0.2) is 0 Å². The van der Waals surface area contributed by atoms with Crippen LogP contribution in [0, 0.1) is 11.8 Å². The summed E-state index contributed by atoms with van der Waals surface area (Å²) in [5, 5.41) is 0. The first-order valence-electron chi connectivity index (χ1n) is 5.60. The molecule has 1 aliphatic heterocycles. The maximum atomic E-state index is 11.8. The van der Waals surface area contributed by atoms with Crippen LogP contribution in [0.2, 0.25) is 0 Å². The van der Waals surface area contributed by atoms with E-state index in [1.165, 1.54) is 0 Å². The van der Waals surface area contributed by atoms with Crippen LogP contribution in [0.25, 0.3) is 0 Å². The van der Waals surface area contributed by atoms with Gasteiger partial charge in [0, 0.05) is 25.0 Å². The normalized spacial score (nSPS) is 26.3. The van der Waals surface area contributed by atoms with E-state index in [-0.39, 0.29) is 30.3 Å². The summed E-state index contributed by atoms with van der Waals surface area (Å²) in [4.78, 5) is 13.7. The van der Waals surface area contributed by atoms with Gasteiger partial charge in [-0.25, -0.2) is 0 Å². The number of piperidine rings is 1. The highest BCUT2D eigenvalue weighted by Gasteiger charge is 2.28. The summed E-state index contributed by atoms with van der Waals surface area (Å²) in [5.74, 6) is 0.878. The lowest BCUT2D eigenvalue weighted by Crippen LogP contribution is -2.50. The van der Waals surface area contributed by atoms with Gasteiger partial charge in [-0.1, -0.05) is 27.2 Å². The van der Waals surface area contributed by atoms with Gasteiger partial charge < -0.3 is 10.6 Å². The Balaban J connectivity index is 0.00000196. The molecule has 2 unspecified atom stereocenters. The zero-order valence-electron chi connectivity index (χ0n) is 9.90. The zero-order chi connectivity index (χ0) is 10.7. The zero-order valence-corrected chi connectivity index (χ0v) is 10.7. The standard InChI is InChI=1S/C11H22N2O.ClH/c1-4-9-7-13(6-5-10(9)12)11(14)8(2)3;/h8-10H,4-7,12H2,1-3H3;1H. The summed E-state index contributed by atoms with van der Waals surface area (Å²) >= 11 is 0. The number of rotatable bonds is 2. The molecule has 0 aromatic carbocycles. The van der Waals surface area contributed by atoms with Gasteiger partial charge >= 0.3 is 0 Å². The summed E-state index contributed by atoms with van der Waals surface area (Å²) < 4.78 is 0. The average Bonchev–Trinajstić information content (AvgIpc) is 2.17. The first-order chi connectivity index (χ1) is 6.56. The molecule has 2 atom stereocenters. The van der Waals surface area contributed by atoms with Crippen molar-refractivity contribution in [1.29, 1.82) is 0 Å². The van der Waals surface area contributed by atoms with Crippen molar-refractivity contribution in [3.05, 3.63) is 0 Å². The minimum Gasteiger partial charge on any atom is -0.342 e. The molecule has 0 spiro atoms. The largest absolute Gasteiger partial charge is 0.342 e. The lowest BCUT2D eigenvalue weighted by Gasteiger charge is -2.37. The molecule has 1 amide bonds. The van der Waals surface area contributed by atoms with Crippen molar-refractivity contribution in [2.24, 2.45) is 17.6 Å². The van der Waals surface area contributed by atoms with Crippen molar-refractivity contribution in [3.8, 4) is 0 Å². The van der Waals surface area contributed by atoms with Gasteiger partial charge in [-0.3, -0.25) is 4.79 Å². The fourth-order valence-electron chi connectivity index (χ4n) is 2.05. The molecule has 0 radical (unpaired) electrons. The van der Waals surface area contributed by atoms with Crippen LogP contribution in [-0.2, 0) is 4.79 Å². The molecule has 1 aliphatic rings. The molecule has 0 saturated carbocycles. The summed E-state index contributed by atoms with van der Waals surface area (Å²) in [6, 6.07) is 0.288. The Bertz CT molecular complexity index is 209. The first kappa shape index (κ1) is 14.7. The third kappa shape index (κ3) is 3.65. The van der Waals surface area contributed by atoms with E-state index in [0.717, 1.165) is 25.9 Å². The number of hydrogen-bond donors (Lipinski definition) is 1. The molecule has 3 nitrogen and oxygen atoms in total. The van der Waals surface area contributed by atoms with Crippen molar-refractivity contribution in [3.63, 3.8) is 0 Å². The Morgan fingerprint density at radius 1 is 1.53 bits per heavy atom. The molecule has 90 valence electrons. The molecule has 1 heterocycles. The molecule has 1 fully saturated rings. The van der Waals surface area contributed by atoms with Crippen molar-refractivity contribution in [2.75, 3.05) is 13.1 Å². The van der Waals surface area contributed by atoms with Crippen LogP contribution in [0.4, 0.5) is 0 Å². The van der Waals surface area contributed by atoms with Crippen molar-refractivity contribution < 1.29 is 4.79 Å². The number of carbonyl (C=O) groups excluding carboxylic acids is 1. The van der Waals surface area contributed by atoms with Crippen LogP contribution in [0.1, 0.15) is 33.6 Å². The van der Waals surface area contributed by atoms with Crippen LogP contribution in [0.5, 0.6) is 0 Å². The predicted molar refractivity (Wildman–Crippen MR) is 65.0 cm³/mol. The number of halogens is 1. The number of nitrogens with two attached hydrogens (primary N) is 1. The molecular formula is C11H23ClN2O. The molecule has 0 aromatic rings. The third-order valence-electron chi connectivity index (χ3n) is 3.12. The van der Waals surface area contributed by atoms with Crippen molar-refractivity contribution in [1.82, 2.24) is 4.90 Å². The number of nitrogens with zero attached hydrogens (tertiary/aromatic N) is 1. The van der Waals surface area contributed by atoms with Gasteiger partial charge in [-0.15, -0.1) is 12.4 Å². The van der Waals surface area contributed by atoms with Crippen LogP contribution < -0.4 is 5.73 Å². The van der Waals surface area contributed by atoms with E-state index in [4.69, 9.17) is 5.73 Å². The molecule has 1 saturated heterocycles. The van der Waals surface area contributed by atoms with E-state index in [1.807, 2.05) is 18.7 Å². The maximum absolute atomic E-state index is 11.8. The average molecular weight is 235 g/mol. The third-order valence-corrected chi connectivity index (χ3v) is 3.12. The maximum Gasteiger partial charge on any atom is 0.225 e. The molecule has 1 rings (SSSR count). The first-order valence-corrected chi connectivity index (χ1v) is 5.60. The molecule has 0 aromatic heterocycles. The Hall–Kier alpha value is -0.280. The quantitative estimate of drug-likeness (QED) is 0.790. The van der Waals surface area contributed by atoms with E-state index in [9.17, 15) is 4.79 Å². The summed E-state index contributed by atoms with van der Waals surface area (Å²) in [6.07, 6.45) is 2.03. The van der Waals surface area contributed by atoms with Gasteiger partial charge in [0.15, 0.2) is 0 Å². The van der Waals surface area contributed by atoms with E-state index < -0.39 is 0 Å². The minimum atomic E-state index is 0. The van der Waals surface area contributed by atoms with Crippen molar-refractivity contribution in [2.45, 2.75) is 39.7 Å². The second-order valence-electron chi connectivity index (χ2n) is 4.56. The van der Waals surface area contributed by atoms with Gasteiger partial charge in [0.1, 0.15) is 0 Å². The molecule has 4 heteroatoms. The van der Waals surface area contributed by atoms with Gasteiger partial charge in [-0.2, -0.15) is 0 Å². The predicted octanol–water partition coefficient (Wildman–Crippen LogP) is 1.65. The second-order valence-corrected chi connectivity index (χ2v) is 4.56. The van der Waals surface area contributed by atoms with Gasteiger partial charge in [0.05, 0.1) is 0 Å². The number of hydrogen-bond acceptors (Lipinski definition) is 2. The summed E-state index contributed by atoms with van der Waals surface area (Å²) in [5.41, 5.74) is 5.99. The highest BCUT2D eigenvalue weighted by atomic mass is 35.5. The fourth-order valence-corrected chi connectivity index (χ4v) is 2.05. The topological polar surface area (TPSA) is 46.3 Å². The Morgan fingerprint density at radius 3 is 2.60 bits per heavy atom. The smallest absolute Gasteiger partial charge is 0.225 e. The Labute approximate surface area is 98.8 Å². The highest BCUT2D eigenvalue weighted by Crippen LogP contribution is 2.19. The van der Waals surface area contributed by atoms with Gasteiger partial charge in [0.25, 0.3) is 0 Å². The SMILES string of the molecule is CCC1CN(C(=O)C(C)C)CCC1N.Cl. The van der Waals surface area contributed by atoms with E-state index in [0.29, 0.717) is 5.92 Å². The van der Waals surface area contributed by atoms with Crippen LogP contribution in [0.3, 0.4) is 0 Å². The van der Waals surface area contributed by atoms with E-state index >= 15 is 0 Å². The molecule has 0 bridgehead atoms. The number of carbonyl (C=O) groups is 1. The summed E-state index contributed by atoms with van der Waals surface area (Å²) in [7, 11) is 0. The molecule has 15 heavy (non-hydrogen) atoms. The monoisotopic (exact) mass is 234 g/mol. The number of amides is 1.